The van der Waals surface area contributed by atoms with Crippen molar-refractivity contribution in [3.63, 3.8) is 0 Å². The molecular weight excluding hydrogens is 276 g/mol. The van der Waals surface area contributed by atoms with E-state index in [2.05, 4.69) is 94.4 Å². The normalized spacial score (nSPS) is 12.2. The fourth-order valence-electron chi connectivity index (χ4n) is 1.68. The van der Waals surface area contributed by atoms with Crippen LogP contribution in [0.4, 0.5) is 0 Å². The molecule has 0 aliphatic heterocycles. The second kappa shape index (κ2) is 11.7. The van der Waals surface area contributed by atoms with Crippen LogP contribution in [0.25, 0.3) is 0 Å². The molecule has 0 radical (unpaired) electrons. The minimum absolute atomic E-state index is 0.428. The molecular formula is C23H44. The number of rotatable bonds is 5. The quantitative estimate of drug-likeness (QED) is 0.445. The SMILES string of the molecule is CC(C)=CCC(C)(C)C.CC(C)=CCC/C(C)=C/CC(C)(C)C. The molecule has 0 rings (SSSR count). The van der Waals surface area contributed by atoms with Gasteiger partial charge in [-0.1, -0.05) is 76.5 Å². The third kappa shape index (κ3) is 26.4. The summed E-state index contributed by atoms with van der Waals surface area (Å²) in [6.45, 7) is 24.5. The smallest absolute Gasteiger partial charge is 0.0288 e. The Bertz CT molecular complexity index is 381. The maximum absolute atomic E-state index is 2.39. The van der Waals surface area contributed by atoms with E-state index in [4.69, 9.17) is 0 Å². The molecule has 0 N–H and O–H groups in total. The highest BCUT2D eigenvalue weighted by molar-refractivity contribution is 5.03. The summed E-state index contributed by atoms with van der Waals surface area (Å²) in [7, 11) is 0. The molecule has 0 atom stereocenters. The molecule has 0 aromatic carbocycles. The Morgan fingerprint density at radius 1 is 0.609 bits per heavy atom. The van der Waals surface area contributed by atoms with Crippen LogP contribution in [0, 0.1) is 10.8 Å². The zero-order chi connectivity index (χ0) is 18.7. The highest BCUT2D eigenvalue weighted by atomic mass is 14.1. The van der Waals surface area contributed by atoms with E-state index in [0.29, 0.717) is 10.8 Å². The predicted molar refractivity (Wildman–Crippen MR) is 110 cm³/mol. The van der Waals surface area contributed by atoms with Crippen molar-refractivity contribution in [2.24, 2.45) is 10.8 Å². The van der Waals surface area contributed by atoms with Crippen LogP contribution < -0.4 is 0 Å². The van der Waals surface area contributed by atoms with Gasteiger partial charge in [0.15, 0.2) is 0 Å². The summed E-state index contributed by atoms with van der Waals surface area (Å²) in [6.07, 6.45) is 11.8. The highest BCUT2D eigenvalue weighted by Crippen LogP contribution is 2.21. The van der Waals surface area contributed by atoms with Gasteiger partial charge < -0.3 is 0 Å². The van der Waals surface area contributed by atoms with Crippen LogP contribution in [0.5, 0.6) is 0 Å². The van der Waals surface area contributed by atoms with Gasteiger partial charge >= 0.3 is 0 Å². The lowest BCUT2D eigenvalue weighted by atomic mass is 9.91. The molecule has 0 saturated heterocycles. The fraction of sp³-hybridized carbons (Fsp3) is 0.739. The summed E-state index contributed by atoms with van der Waals surface area (Å²) < 4.78 is 0. The predicted octanol–water partition coefficient (Wildman–Crippen LogP) is 8.50. The van der Waals surface area contributed by atoms with Gasteiger partial charge in [-0.3, -0.25) is 0 Å². The van der Waals surface area contributed by atoms with Crippen molar-refractivity contribution in [2.45, 2.75) is 102 Å². The van der Waals surface area contributed by atoms with Crippen LogP contribution in [-0.4, -0.2) is 0 Å². The van der Waals surface area contributed by atoms with Crippen molar-refractivity contribution in [2.75, 3.05) is 0 Å². The second-order valence-electron chi connectivity index (χ2n) is 9.68. The molecule has 0 amide bonds. The maximum atomic E-state index is 2.39. The van der Waals surface area contributed by atoms with Crippen molar-refractivity contribution in [1.29, 1.82) is 0 Å². The minimum atomic E-state index is 0.428. The van der Waals surface area contributed by atoms with Gasteiger partial charge in [0.2, 0.25) is 0 Å². The molecule has 0 nitrogen and oxygen atoms in total. The molecule has 0 bridgehead atoms. The molecule has 0 unspecified atom stereocenters. The third-order valence-electron chi connectivity index (χ3n) is 3.28. The van der Waals surface area contributed by atoms with Gasteiger partial charge in [-0.2, -0.15) is 0 Å². The Balaban J connectivity index is 0. The lowest BCUT2D eigenvalue weighted by molar-refractivity contribution is 0.419. The van der Waals surface area contributed by atoms with Gasteiger partial charge in [0, 0.05) is 0 Å². The second-order valence-corrected chi connectivity index (χ2v) is 9.68. The lowest BCUT2D eigenvalue weighted by Crippen LogP contribution is -2.02. The number of allylic oxidation sites excluding steroid dienone is 6. The molecule has 136 valence electrons. The first-order chi connectivity index (χ1) is 10.2. The number of hydrogen-bond donors (Lipinski definition) is 0. The van der Waals surface area contributed by atoms with E-state index in [0.717, 1.165) is 0 Å². The van der Waals surface area contributed by atoms with Crippen LogP contribution in [0.1, 0.15) is 102 Å². The summed E-state index contributed by atoms with van der Waals surface area (Å²) in [5.74, 6) is 0. The Kier molecular flexibility index (Phi) is 12.5. The monoisotopic (exact) mass is 320 g/mol. The first kappa shape index (κ1) is 24.5. The van der Waals surface area contributed by atoms with Crippen molar-refractivity contribution in [1.82, 2.24) is 0 Å². The van der Waals surface area contributed by atoms with Crippen LogP contribution >= 0.6 is 0 Å². The summed E-state index contributed by atoms with van der Waals surface area (Å²) >= 11 is 0. The molecule has 0 heterocycles. The standard InChI is InChI=1S/C14H26.C9H18/c1-12(2)8-7-9-13(3)10-11-14(4,5)6;1-8(2)6-7-9(3,4)5/h8,10H,7,9,11H2,1-6H3;6H,7H2,1-5H3/b13-10+;. The van der Waals surface area contributed by atoms with Gasteiger partial charge in [0.1, 0.15) is 0 Å². The average molecular weight is 321 g/mol. The Hall–Kier alpha value is -0.780. The Labute approximate surface area is 148 Å². The maximum Gasteiger partial charge on any atom is -0.0288 e. The minimum Gasteiger partial charge on any atom is -0.0856 e. The summed E-state index contributed by atoms with van der Waals surface area (Å²) in [4.78, 5) is 0. The van der Waals surface area contributed by atoms with E-state index >= 15 is 0 Å². The van der Waals surface area contributed by atoms with Crippen molar-refractivity contribution in [3.8, 4) is 0 Å². The van der Waals surface area contributed by atoms with Crippen molar-refractivity contribution >= 4 is 0 Å². The van der Waals surface area contributed by atoms with E-state index in [1.54, 1.807) is 0 Å². The Morgan fingerprint density at radius 2 is 1.00 bits per heavy atom. The molecule has 0 aromatic heterocycles. The number of hydrogen-bond acceptors (Lipinski definition) is 0. The van der Waals surface area contributed by atoms with Gasteiger partial charge in [-0.15, -0.1) is 0 Å². The Morgan fingerprint density at radius 3 is 1.30 bits per heavy atom. The van der Waals surface area contributed by atoms with Gasteiger partial charge in [0.25, 0.3) is 0 Å². The molecule has 0 heteroatoms. The third-order valence-corrected chi connectivity index (χ3v) is 3.28. The van der Waals surface area contributed by atoms with Crippen molar-refractivity contribution in [3.05, 3.63) is 34.9 Å². The molecule has 23 heavy (non-hydrogen) atoms. The summed E-state index contributed by atoms with van der Waals surface area (Å²) in [5, 5.41) is 0. The van der Waals surface area contributed by atoms with E-state index in [-0.39, 0.29) is 0 Å². The van der Waals surface area contributed by atoms with Gasteiger partial charge in [-0.25, -0.2) is 0 Å². The molecule has 0 aromatic rings. The topological polar surface area (TPSA) is 0 Å². The fourth-order valence-corrected chi connectivity index (χ4v) is 1.68. The van der Waals surface area contributed by atoms with Crippen LogP contribution in [0.3, 0.4) is 0 Å². The first-order valence-corrected chi connectivity index (χ1v) is 9.15. The molecule has 0 saturated carbocycles. The van der Waals surface area contributed by atoms with Crippen LogP contribution in [-0.2, 0) is 0 Å². The highest BCUT2D eigenvalue weighted by Gasteiger charge is 2.07. The molecule has 0 spiro atoms. The van der Waals surface area contributed by atoms with Crippen molar-refractivity contribution < 1.29 is 0 Å². The molecule has 0 aliphatic carbocycles. The first-order valence-electron chi connectivity index (χ1n) is 9.15. The summed E-state index contributed by atoms with van der Waals surface area (Å²) in [5.41, 5.74) is 5.26. The zero-order valence-electron chi connectivity index (χ0n) is 18.1. The molecule has 0 aliphatic rings. The molecule has 0 fully saturated rings. The lowest BCUT2D eigenvalue weighted by Gasteiger charge is -2.15. The van der Waals surface area contributed by atoms with Crippen LogP contribution in [0.15, 0.2) is 34.9 Å². The van der Waals surface area contributed by atoms with E-state index in [9.17, 15) is 0 Å². The van der Waals surface area contributed by atoms with Gasteiger partial charge in [0.05, 0.1) is 0 Å². The average Bonchev–Trinajstić information content (AvgIpc) is 2.33. The van der Waals surface area contributed by atoms with Crippen LogP contribution in [0.2, 0.25) is 0 Å². The van der Waals surface area contributed by atoms with E-state index < -0.39 is 0 Å². The summed E-state index contributed by atoms with van der Waals surface area (Å²) in [6, 6.07) is 0. The zero-order valence-corrected chi connectivity index (χ0v) is 18.1. The van der Waals surface area contributed by atoms with Gasteiger partial charge in [-0.05, 0) is 71.1 Å². The van der Waals surface area contributed by atoms with E-state index in [1.165, 1.54) is 42.4 Å². The van der Waals surface area contributed by atoms with E-state index in [1.807, 2.05) is 0 Å². The largest absolute Gasteiger partial charge is 0.0856 e.